The lowest BCUT2D eigenvalue weighted by Crippen LogP contribution is -2.34. The number of aromatic nitrogens is 2. The quantitative estimate of drug-likeness (QED) is 0.744. The molecule has 0 saturated heterocycles. The number of hydrogen-bond donors (Lipinski definition) is 1. The number of aliphatic hydroxyl groups is 1. The summed E-state index contributed by atoms with van der Waals surface area (Å²) in [5.41, 5.74) is 0.980. The van der Waals surface area contributed by atoms with Crippen LogP contribution in [-0.4, -0.2) is 21.1 Å². The largest absolute Gasteiger partial charge is 0.377 e. The van der Waals surface area contributed by atoms with Gasteiger partial charge >= 0.3 is 0 Å². The van der Waals surface area contributed by atoms with Crippen LogP contribution in [0.4, 0.5) is 0 Å². The minimum Gasteiger partial charge on any atom is -0.377 e. The Kier molecular flexibility index (Phi) is 3.41. The topological polar surface area (TPSA) is 64.3 Å². The van der Waals surface area contributed by atoms with E-state index in [-0.39, 0.29) is 5.56 Å². The maximum Gasteiger partial charge on any atom is 0.294 e. The summed E-state index contributed by atoms with van der Waals surface area (Å²) in [5, 5.41) is 9.91. The van der Waals surface area contributed by atoms with Gasteiger partial charge in [-0.15, -0.1) is 4.73 Å². The molecule has 5 heteroatoms. The van der Waals surface area contributed by atoms with E-state index in [9.17, 15) is 9.90 Å². The monoisotopic (exact) mass is 282 g/mol. The lowest BCUT2D eigenvalue weighted by Gasteiger charge is -2.15. The highest BCUT2D eigenvalue weighted by Crippen LogP contribution is 2.17. The molecule has 0 aliphatic heterocycles. The van der Waals surface area contributed by atoms with Crippen LogP contribution < -0.4 is 10.4 Å². The molecule has 21 heavy (non-hydrogen) atoms. The summed E-state index contributed by atoms with van der Waals surface area (Å²) in [4.78, 5) is 22.3. The summed E-state index contributed by atoms with van der Waals surface area (Å²) in [6.45, 7) is 1.44. The normalized spacial score (nSPS) is 12.3. The molecule has 0 amide bonds. The predicted molar refractivity (Wildman–Crippen MR) is 79.7 cm³/mol. The van der Waals surface area contributed by atoms with Gasteiger partial charge in [0.05, 0.1) is 10.9 Å². The van der Waals surface area contributed by atoms with Crippen molar-refractivity contribution in [2.24, 2.45) is 0 Å². The summed E-state index contributed by atoms with van der Waals surface area (Å²) in [6, 6.07) is 16.3. The van der Waals surface area contributed by atoms with Gasteiger partial charge in [-0.1, -0.05) is 42.5 Å². The fourth-order valence-electron chi connectivity index (χ4n) is 2.14. The van der Waals surface area contributed by atoms with Crippen LogP contribution in [-0.2, 0) is 0 Å². The summed E-state index contributed by atoms with van der Waals surface area (Å²) in [5.74, 6) is 0.361. The first-order chi connectivity index (χ1) is 10.2. The standard InChI is InChI=1S/C16H14N2O3/c1-11(19)21-18-15(12-7-3-2-4-8-12)17-14-10-6-5-9-13(14)16(18)20/h2-11,19H,1H3. The number of fused-ring (bicyclic) bond motifs is 1. The number of aliphatic hydroxyl groups excluding tert-OH is 1. The molecule has 0 saturated carbocycles. The van der Waals surface area contributed by atoms with E-state index in [0.717, 1.165) is 10.3 Å². The van der Waals surface area contributed by atoms with E-state index in [1.54, 1.807) is 18.2 Å². The molecule has 0 spiro atoms. The summed E-state index contributed by atoms with van der Waals surface area (Å²) in [7, 11) is 0. The van der Waals surface area contributed by atoms with E-state index in [2.05, 4.69) is 4.98 Å². The zero-order valence-electron chi connectivity index (χ0n) is 11.4. The Hall–Kier alpha value is -2.66. The molecule has 0 radical (unpaired) electrons. The molecule has 3 rings (SSSR count). The Morgan fingerprint density at radius 3 is 2.48 bits per heavy atom. The van der Waals surface area contributed by atoms with Crippen LogP contribution in [0.25, 0.3) is 22.3 Å². The second-order valence-electron chi connectivity index (χ2n) is 4.62. The number of rotatable bonds is 3. The molecule has 0 aliphatic carbocycles. The first-order valence-corrected chi connectivity index (χ1v) is 6.59. The van der Waals surface area contributed by atoms with Crippen LogP contribution in [0.3, 0.4) is 0 Å². The highest BCUT2D eigenvalue weighted by atomic mass is 16.7. The SMILES string of the molecule is CC(O)On1c(-c2ccccc2)nc2ccccc2c1=O. The highest BCUT2D eigenvalue weighted by molar-refractivity contribution is 5.79. The number of benzene rings is 2. The van der Waals surface area contributed by atoms with Crippen molar-refractivity contribution in [3.8, 4) is 11.4 Å². The van der Waals surface area contributed by atoms with Crippen molar-refractivity contribution in [3.05, 3.63) is 65.0 Å². The van der Waals surface area contributed by atoms with Gasteiger partial charge in [0.25, 0.3) is 5.56 Å². The van der Waals surface area contributed by atoms with Gasteiger partial charge in [-0.05, 0) is 12.1 Å². The molecule has 0 bridgehead atoms. The van der Waals surface area contributed by atoms with Crippen LogP contribution >= 0.6 is 0 Å². The summed E-state index contributed by atoms with van der Waals surface area (Å²) >= 11 is 0. The van der Waals surface area contributed by atoms with Crippen LogP contribution in [0.2, 0.25) is 0 Å². The third-order valence-electron chi connectivity index (χ3n) is 3.03. The third kappa shape index (κ3) is 2.51. The fraction of sp³-hybridized carbons (Fsp3) is 0.125. The second-order valence-corrected chi connectivity index (χ2v) is 4.62. The van der Waals surface area contributed by atoms with Gasteiger partial charge in [-0.2, -0.15) is 0 Å². The van der Waals surface area contributed by atoms with Crippen LogP contribution in [0, 0.1) is 0 Å². The summed E-state index contributed by atoms with van der Waals surface area (Å²) in [6.07, 6.45) is -1.12. The van der Waals surface area contributed by atoms with Gasteiger partial charge in [0, 0.05) is 12.5 Å². The maximum absolute atomic E-state index is 12.5. The number of nitrogens with zero attached hydrogens (tertiary/aromatic N) is 2. The van der Waals surface area contributed by atoms with Crippen molar-refractivity contribution < 1.29 is 9.94 Å². The van der Waals surface area contributed by atoms with Crippen LogP contribution in [0.15, 0.2) is 59.4 Å². The molecular weight excluding hydrogens is 268 g/mol. The van der Waals surface area contributed by atoms with E-state index >= 15 is 0 Å². The molecule has 1 N–H and O–H groups in total. The van der Waals surface area contributed by atoms with E-state index < -0.39 is 6.29 Å². The third-order valence-corrected chi connectivity index (χ3v) is 3.03. The average Bonchev–Trinajstić information content (AvgIpc) is 2.50. The predicted octanol–water partition coefficient (Wildman–Crippen LogP) is 1.83. The van der Waals surface area contributed by atoms with Crippen molar-refractivity contribution in [3.63, 3.8) is 0 Å². The maximum atomic E-state index is 12.5. The van der Waals surface area contributed by atoms with Gasteiger partial charge in [-0.25, -0.2) is 4.98 Å². The van der Waals surface area contributed by atoms with Crippen molar-refractivity contribution in [1.29, 1.82) is 0 Å². The minimum atomic E-state index is -1.12. The van der Waals surface area contributed by atoms with Gasteiger partial charge < -0.3 is 9.94 Å². The Morgan fingerprint density at radius 2 is 1.76 bits per heavy atom. The van der Waals surface area contributed by atoms with Gasteiger partial charge in [0.2, 0.25) is 6.29 Å². The Labute approximate surface area is 121 Å². The lowest BCUT2D eigenvalue weighted by atomic mass is 10.2. The van der Waals surface area contributed by atoms with Crippen molar-refractivity contribution in [2.75, 3.05) is 0 Å². The number of hydrogen-bond acceptors (Lipinski definition) is 4. The van der Waals surface area contributed by atoms with Crippen molar-refractivity contribution >= 4 is 10.9 Å². The molecular formula is C16H14N2O3. The molecule has 3 aromatic rings. The minimum absolute atomic E-state index is 0.347. The van der Waals surface area contributed by atoms with Crippen LogP contribution in [0.1, 0.15) is 6.92 Å². The number of para-hydroxylation sites is 1. The average molecular weight is 282 g/mol. The van der Waals surface area contributed by atoms with Crippen molar-refractivity contribution in [2.45, 2.75) is 13.2 Å². The highest BCUT2D eigenvalue weighted by Gasteiger charge is 2.14. The van der Waals surface area contributed by atoms with E-state index in [0.29, 0.717) is 16.7 Å². The van der Waals surface area contributed by atoms with Crippen molar-refractivity contribution in [1.82, 2.24) is 9.71 Å². The Bertz CT molecular complexity index is 826. The zero-order valence-corrected chi connectivity index (χ0v) is 11.4. The summed E-state index contributed by atoms with van der Waals surface area (Å²) < 4.78 is 1.04. The zero-order chi connectivity index (χ0) is 14.8. The Morgan fingerprint density at radius 1 is 1.10 bits per heavy atom. The first kappa shape index (κ1) is 13.3. The molecule has 5 nitrogen and oxygen atoms in total. The molecule has 0 aliphatic rings. The molecule has 1 atom stereocenters. The molecule has 106 valence electrons. The molecule has 1 heterocycles. The van der Waals surface area contributed by atoms with Gasteiger partial charge in [0.15, 0.2) is 5.82 Å². The molecule has 1 aromatic heterocycles. The Balaban J connectivity index is 2.33. The first-order valence-electron chi connectivity index (χ1n) is 6.59. The van der Waals surface area contributed by atoms with Crippen LogP contribution in [0.5, 0.6) is 0 Å². The molecule has 1 unspecified atom stereocenters. The molecule has 0 fully saturated rings. The smallest absolute Gasteiger partial charge is 0.294 e. The lowest BCUT2D eigenvalue weighted by molar-refractivity contribution is -0.0927. The van der Waals surface area contributed by atoms with E-state index in [1.807, 2.05) is 36.4 Å². The van der Waals surface area contributed by atoms with E-state index in [1.165, 1.54) is 6.92 Å². The van der Waals surface area contributed by atoms with Gasteiger partial charge in [0.1, 0.15) is 0 Å². The van der Waals surface area contributed by atoms with E-state index in [4.69, 9.17) is 4.84 Å². The fourth-order valence-corrected chi connectivity index (χ4v) is 2.14. The molecule has 2 aromatic carbocycles. The second kappa shape index (κ2) is 5.38. The van der Waals surface area contributed by atoms with Gasteiger partial charge in [-0.3, -0.25) is 4.79 Å².